The summed E-state index contributed by atoms with van der Waals surface area (Å²) in [6.45, 7) is 3.96. The van der Waals surface area contributed by atoms with Crippen LogP contribution in [0.15, 0.2) is 54.6 Å². The van der Waals surface area contributed by atoms with Gasteiger partial charge in [0.2, 0.25) is 0 Å². The molecule has 2 N–H and O–H groups in total. The maximum atomic E-state index is 12.6. The molecular formula is C21H22ClN2O3S-. The van der Waals surface area contributed by atoms with Crippen LogP contribution in [0.2, 0.25) is 5.02 Å². The van der Waals surface area contributed by atoms with Crippen LogP contribution in [0, 0.1) is 6.92 Å². The van der Waals surface area contributed by atoms with Gasteiger partial charge >= 0.3 is 0 Å². The summed E-state index contributed by atoms with van der Waals surface area (Å²) in [5.41, 5.74) is 6.07. The van der Waals surface area contributed by atoms with Crippen molar-refractivity contribution in [1.82, 2.24) is 4.57 Å². The third kappa shape index (κ3) is 4.97. The second-order valence-corrected chi connectivity index (χ2v) is 7.11. The van der Waals surface area contributed by atoms with Gasteiger partial charge in [0.25, 0.3) is 0 Å². The molecule has 3 rings (SSSR count). The third-order valence-electron chi connectivity index (χ3n) is 4.47. The Hall–Kier alpha value is -2.25. The van der Waals surface area contributed by atoms with Crippen LogP contribution in [0.25, 0.3) is 22.3 Å². The fraction of sp³-hybridized carbons (Fsp3) is 0.190. The zero-order valence-electron chi connectivity index (χ0n) is 15.9. The predicted octanol–water partition coefficient (Wildman–Crippen LogP) is 4.65. The van der Waals surface area contributed by atoms with Crippen LogP contribution in [0.4, 0.5) is 0 Å². The lowest BCUT2D eigenvalue weighted by Crippen LogP contribution is -2.06. The number of nitrogens with two attached hydrogens (primary N) is 1. The number of carbonyl (C=O) groups is 1. The normalized spacial score (nSPS) is 11.5. The number of nitrogens with zero attached hydrogens (tertiary/aromatic N) is 1. The highest BCUT2D eigenvalue weighted by molar-refractivity contribution is 7.76. The van der Waals surface area contributed by atoms with Crippen LogP contribution in [-0.4, -0.2) is 19.1 Å². The van der Waals surface area contributed by atoms with Crippen molar-refractivity contribution in [1.29, 1.82) is 0 Å². The Bertz CT molecular complexity index is 979. The first-order valence-electron chi connectivity index (χ1n) is 8.65. The van der Waals surface area contributed by atoms with Gasteiger partial charge in [-0.2, -0.15) is 0 Å². The number of carbonyl (C=O) groups excluding carboxylic acids is 1. The summed E-state index contributed by atoms with van der Waals surface area (Å²) in [6.07, 6.45) is 0.483. The molecule has 0 amide bonds. The first-order chi connectivity index (χ1) is 13.3. The number of benzene rings is 2. The van der Waals surface area contributed by atoms with Crippen LogP contribution >= 0.6 is 11.6 Å². The van der Waals surface area contributed by atoms with Crippen LogP contribution in [-0.2, 0) is 18.3 Å². The fourth-order valence-electron chi connectivity index (χ4n) is 3.15. The van der Waals surface area contributed by atoms with Gasteiger partial charge in [-0.3, -0.25) is 14.1 Å². The van der Waals surface area contributed by atoms with Gasteiger partial charge in [0.15, 0.2) is 5.78 Å². The number of hydrogen-bond donors (Lipinski definition) is 1. The van der Waals surface area contributed by atoms with E-state index < -0.39 is 11.3 Å². The first-order valence-corrected chi connectivity index (χ1v) is 10.2. The lowest BCUT2D eigenvalue weighted by atomic mass is 9.94. The van der Waals surface area contributed by atoms with E-state index in [9.17, 15) is 4.79 Å². The number of ketones is 1. The molecule has 28 heavy (non-hydrogen) atoms. The molecule has 1 atom stereocenters. The second kappa shape index (κ2) is 9.80. The van der Waals surface area contributed by atoms with Gasteiger partial charge in [-0.15, -0.1) is 0 Å². The Morgan fingerprint density at radius 3 is 2.07 bits per heavy atom. The molecule has 0 fully saturated rings. The van der Waals surface area contributed by atoms with E-state index in [0.29, 0.717) is 11.4 Å². The van der Waals surface area contributed by atoms with Gasteiger partial charge in [-0.05, 0) is 30.2 Å². The van der Waals surface area contributed by atoms with E-state index in [1.165, 1.54) is 0 Å². The minimum atomic E-state index is -2.36. The van der Waals surface area contributed by atoms with E-state index in [0.717, 1.165) is 33.6 Å². The molecule has 0 radical (unpaired) electrons. The van der Waals surface area contributed by atoms with Crippen molar-refractivity contribution in [2.75, 3.05) is 0 Å². The number of halogens is 1. The molecule has 0 bridgehead atoms. The Labute approximate surface area is 172 Å². The summed E-state index contributed by atoms with van der Waals surface area (Å²) < 4.78 is 19.6. The Balaban J connectivity index is 0.000000640. The topological polar surface area (TPSA) is 88.2 Å². The molecule has 0 aliphatic carbocycles. The highest BCUT2D eigenvalue weighted by atomic mass is 35.5. The van der Waals surface area contributed by atoms with E-state index in [-0.39, 0.29) is 5.78 Å². The molecule has 0 aliphatic heterocycles. The summed E-state index contributed by atoms with van der Waals surface area (Å²) in [5, 5.41) is 4.73. The Morgan fingerprint density at radius 2 is 1.57 bits per heavy atom. The van der Waals surface area contributed by atoms with Gasteiger partial charge in [0.05, 0.1) is 5.69 Å². The molecule has 1 unspecified atom stereocenters. The summed E-state index contributed by atoms with van der Waals surface area (Å²) in [4.78, 5) is 12.6. The highest BCUT2D eigenvalue weighted by Crippen LogP contribution is 2.40. The Kier molecular flexibility index (Phi) is 7.71. The van der Waals surface area contributed by atoms with Gasteiger partial charge < -0.3 is 9.12 Å². The zero-order valence-corrected chi connectivity index (χ0v) is 17.5. The molecule has 148 valence electrons. The summed E-state index contributed by atoms with van der Waals surface area (Å²) in [6, 6.07) is 17.9. The molecule has 0 spiro atoms. The van der Waals surface area contributed by atoms with Gasteiger partial charge in [-0.1, -0.05) is 61.0 Å². The van der Waals surface area contributed by atoms with Crippen LogP contribution in [0.1, 0.15) is 29.5 Å². The highest BCUT2D eigenvalue weighted by Gasteiger charge is 2.24. The smallest absolute Gasteiger partial charge is 0.179 e. The quantitative estimate of drug-likeness (QED) is 0.494. The van der Waals surface area contributed by atoms with Crippen molar-refractivity contribution >= 4 is 28.7 Å². The standard InChI is InChI=1S/C21H20ClNO.H3NO2S/c1-4-18(24)21-20(15-8-6-5-7-9-15)19(14(2)23(21)3)16-10-12-17(22)13-11-16;1-4(2)3/h5-13H,4H2,1-3H3;1H2,(H,2,3)/p-1. The summed E-state index contributed by atoms with van der Waals surface area (Å²) in [7, 11) is 1.96. The third-order valence-corrected chi connectivity index (χ3v) is 4.72. The number of aromatic nitrogens is 1. The van der Waals surface area contributed by atoms with Crippen LogP contribution in [0.3, 0.4) is 0 Å². The first kappa shape index (κ1) is 22.0. The molecule has 7 heteroatoms. The van der Waals surface area contributed by atoms with Crippen molar-refractivity contribution in [3.63, 3.8) is 0 Å². The average molecular weight is 418 g/mol. The van der Waals surface area contributed by atoms with Crippen LogP contribution < -0.4 is 5.14 Å². The van der Waals surface area contributed by atoms with Crippen molar-refractivity contribution in [3.8, 4) is 22.3 Å². The number of rotatable bonds is 4. The van der Waals surface area contributed by atoms with Crippen LogP contribution in [0.5, 0.6) is 0 Å². The lowest BCUT2D eigenvalue weighted by molar-refractivity contribution is 0.0981. The van der Waals surface area contributed by atoms with Crippen molar-refractivity contribution in [2.45, 2.75) is 20.3 Å². The maximum absolute atomic E-state index is 12.6. The van der Waals surface area contributed by atoms with Crippen molar-refractivity contribution in [3.05, 3.63) is 71.0 Å². The average Bonchev–Trinajstić information content (AvgIpc) is 2.93. The van der Waals surface area contributed by atoms with Gasteiger partial charge in [0.1, 0.15) is 0 Å². The fourth-order valence-corrected chi connectivity index (χ4v) is 3.28. The molecule has 0 saturated heterocycles. The number of hydrogen-bond acceptors (Lipinski definition) is 3. The summed E-state index contributed by atoms with van der Waals surface area (Å²) in [5.74, 6) is 0.152. The molecule has 2 aromatic carbocycles. The van der Waals surface area contributed by atoms with E-state index >= 15 is 0 Å². The molecule has 5 nitrogen and oxygen atoms in total. The van der Waals surface area contributed by atoms with E-state index in [1.54, 1.807) is 0 Å². The van der Waals surface area contributed by atoms with Crippen molar-refractivity contribution < 1.29 is 13.6 Å². The largest absolute Gasteiger partial charge is 0.760 e. The lowest BCUT2D eigenvalue weighted by Gasteiger charge is -2.09. The molecule has 1 aromatic heterocycles. The minimum absolute atomic E-state index is 0.152. The van der Waals surface area contributed by atoms with E-state index in [4.69, 9.17) is 20.4 Å². The molecule has 1 heterocycles. The van der Waals surface area contributed by atoms with Crippen molar-refractivity contribution in [2.24, 2.45) is 12.2 Å². The van der Waals surface area contributed by atoms with Gasteiger partial charge in [-0.25, -0.2) is 0 Å². The Morgan fingerprint density at radius 1 is 1.07 bits per heavy atom. The van der Waals surface area contributed by atoms with Gasteiger partial charge in [0, 0.05) is 46.6 Å². The second-order valence-electron chi connectivity index (χ2n) is 6.15. The summed E-state index contributed by atoms with van der Waals surface area (Å²) >= 11 is 3.68. The number of Topliss-reactive ketones (excluding diaryl/α,β-unsaturated/α-hetero) is 1. The van der Waals surface area contributed by atoms with E-state index in [1.807, 2.05) is 61.0 Å². The zero-order chi connectivity index (χ0) is 20.8. The monoisotopic (exact) mass is 417 g/mol. The predicted molar refractivity (Wildman–Crippen MR) is 114 cm³/mol. The molecule has 0 saturated carbocycles. The maximum Gasteiger partial charge on any atom is 0.179 e. The SMILES string of the molecule is CCC(=O)c1c(-c2ccccc2)c(-c2ccc(Cl)cc2)c(C)n1C.NS(=O)[O-]. The minimum Gasteiger partial charge on any atom is -0.760 e. The molecule has 3 aromatic rings. The van der Waals surface area contributed by atoms with E-state index in [2.05, 4.69) is 24.2 Å². The molecular weight excluding hydrogens is 396 g/mol. The molecule has 0 aliphatic rings.